The predicted molar refractivity (Wildman–Crippen MR) is 109 cm³/mol. The SMILES string of the molecule is CNC(=O)CCNC(=O)COc1ccc2c(c1)C(=O)N(C1CCC(=O)NC1=O)C2=O.O=CO. The number of benzene rings is 1. The van der Waals surface area contributed by atoms with E-state index in [1.165, 1.54) is 25.2 Å². The van der Waals surface area contributed by atoms with Gasteiger partial charge in [0.2, 0.25) is 17.7 Å². The van der Waals surface area contributed by atoms with Crippen LogP contribution >= 0.6 is 0 Å². The predicted octanol–water partition coefficient (Wildman–Crippen LogP) is -1.58. The molecule has 1 aromatic carbocycles. The van der Waals surface area contributed by atoms with Crippen molar-refractivity contribution in [3.8, 4) is 5.75 Å². The molecule has 13 nitrogen and oxygen atoms in total. The van der Waals surface area contributed by atoms with Crippen molar-refractivity contribution in [2.24, 2.45) is 0 Å². The van der Waals surface area contributed by atoms with Crippen LogP contribution in [0.2, 0.25) is 0 Å². The van der Waals surface area contributed by atoms with Crippen LogP contribution in [-0.4, -0.2) is 78.2 Å². The zero-order valence-corrected chi connectivity index (χ0v) is 17.6. The number of carboxylic acid groups (broad SMARTS) is 1. The molecule has 33 heavy (non-hydrogen) atoms. The van der Waals surface area contributed by atoms with Gasteiger partial charge < -0.3 is 20.5 Å². The molecular weight excluding hydrogens is 440 g/mol. The van der Waals surface area contributed by atoms with E-state index < -0.39 is 35.6 Å². The monoisotopic (exact) mass is 462 g/mol. The summed E-state index contributed by atoms with van der Waals surface area (Å²) >= 11 is 0. The van der Waals surface area contributed by atoms with Crippen molar-refractivity contribution in [3.05, 3.63) is 29.3 Å². The number of piperidine rings is 1. The molecule has 6 amide bonds. The van der Waals surface area contributed by atoms with Crippen LogP contribution in [0.5, 0.6) is 5.75 Å². The summed E-state index contributed by atoms with van der Waals surface area (Å²) in [7, 11) is 1.49. The summed E-state index contributed by atoms with van der Waals surface area (Å²) in [5, 5.41) is 14.0. The number of carbonyl (C=O) groups is 7. The maximum Gasteiger partial charge on any atom is 0.290 e. The zero-order chi connectivity index (χ0) is 24.5. The van der Waals surface area contributed by atoms with E-state index in [0.29, 0.717) is 0 Å². The maximum atomic E-state index is 12.7. The molecule has 1 aromatic rings. The van der Waals surface area contributed by atoms with E-state index in [1.54, 1.807) is 0 Å². The fourth-order valence-electron chi connectivity index (χ4n) is 3.18. The van der Waals surface area contributed by atoms with Crippen LogP contribution in [0.15, 0.2) is 18.2 Å². The minimum absolute atomic E-state index is 0.0349. The molecule has 176 valence electrons. The first-order valence-corrected chi connectivity index (χ1v) is 9.77. The second-order valence-electron chi connectivity index (χ2n) is 6.82. The van der Waals surface area contributed by atoms with E-state index in [0.717, 1.165) is 4.90 Å². The molecule has 1 unspecified atom stereocenters. The summed E-state index contributed by atoms with van der Waals surface area (Å²) in [6.07, 6.45) is 0.233. The van der Waals surface area contributed by atoms with Crippen LogP contribution in [0.4, 0.5) is 0 Å². The lowest BCUT2D eigenvalue weighted by atomic mass is 10.0. The molecule has 13 heteroatoms. The third-order valence-electron chi connectivity index (χ3n) is 4.73. The highest BCUT2D eigenvalue weighted by Gasteiger charge is 2.44. The average molecular weight is 462 g/mol. The molecule has 2 aliphatic heterocycles. The normalized spacial score (nSPS) is 16.8. The van der Waals surface area contributed by atoms with Crippen LogP contribution in [0.1, 0.15) is 40.0 Å². The molecular formula is C20H22N4O9. The number of carbonyl (C=O) groups excluding carboxylic acids is 6. The van der Waals surface area contributed by atoms with Crippen molar-refractivity contribution < 1.29 is 43.4 Å². The Morgan fingerprint density at radius 1 is 1.18 bits per heavy atom. The Balaban J connectivity index is 0.00000122. The fourth-order valence-corrected chi connectivity index (χ4v) is 3.18. The quantitative estimate of drug-likeness (QED) is 0.274. The van der Waals surface area contributed by atoms with E-state index >= 15 is 0 Å². The lowest BCUT2D eigenvalue weighted by molar-refractivity contribution is -0.136. The summed E-state index contributed by atoms with van der Waals surface area (Å²) < 4.78 is 5.36. The van der Waals surface area contributed by atoms with Crippen LogP contribution in [-0.2, 0) is 24.0 Å². The van der Waals surface area contributed by atoms with Crippen molar-refractivity contribution in [1.29, 1.82) is 0 Å². The molecule has 0 aliphatic carbocycles. The summed E-state index contributed by atoms with van der Waals surface area (Å²) in [6, 6.07) is 3.11. The largest absolute Gasteiger partial charge is 0.484 e. The van der Waals surface area contributed by atoms with Crippen LogP contribution in [0.3, 0.4) is 0 Å². The van der Waals surface area contributed by atoms with Crippen molar-refractivity contribution in [2.45, 2.75) is 25.3 Å². The molecule has 0 aromatic heterocycles. The zero-order valence-electron chi connectivity index (χ0n) is 17.6. The van der Waals surface area contributed by atoms with E-state index in [-0.39, 0.29) is 61.7 Å². The number of hydrogen-bond donors (Lipinski definition) is 4. The third-order valence-corrected chi connectivity index (χ3v) is 4.73. The Hall–Kier alpha value is -4.29. The molecule has 3 rings (SSSR count). The third kappa shape index (κ3) is 6.12. The van der Waals surface area contributed by atoms with Gasteiger partial charge in [0.1, 0.15) is 11.8 Å². The Kier molecular flexibility index (Phi) is 8.60. The van der Waals surface area contributed by atoms with Gasteiger partial charge in [-0.25, -0.2) is 0 Å². The van der Waals surface area contributed by atoms with Gasteiger partial charge in [-0.15, -0.1) is 0 Å². The first kappa shape index (κ1) is 25.0. The first-order valence-electron chi connectivity index (χ1n) is 9.77. The minimum atomic E-state index is -1.05. The van der Waals surface area contributed by atoms with Gasteiger partial charge in [0.15, 0.2) is 6.61 Å². The average Bonchev–Trinajstić information content (AvgIpc) is 3.02. The standard InChI is InChI=1S/C19H20N4O7.CH2O2/c1-20-14(24)6-7-21-16(26)9-30-10-2-3-11-12(8-10)19(29)23(18(11)28)13-4-5-15(25)22-17(13)27;2-1-3/h2-3,8,13H,4-7,9H2,1H3,(H,20,24)(H,21,26)(H,22,25,27);1H,(H,2,3). The molecule has 2 aliphatic rings. The van der Waals surface area contributed by atoms with Gasteiger partial charge in [-0.1, -0.05) is 0 Å². The van der Waals surface area contributed by atoms with E-state index in [1.807, 2.05) is 0 Å². The summed E-state index contributed by atoms with van der Waals surface area (Å²) in [4.78, 5) is 80.8. The molecule has 0 saturated carbocycles. The van der Waals surface area contributed by atoms with Gasteiger partial charge in [-0.2, -0.15) is 0 Å². The van der Waals surface area contributed by atoms with Crippen molar-refractivity contribution >= 4 is 41.9 Å². The fraction of sp³-hybridized carbons (Fsp3) is 0.350. The van der Waals surface area contributed by atoms with Gasteiger partial charge in [0.05, 0.1) is 11.1 Å². The van der Waals surface area contributed by atoms with Crippen LogP contribution in [0, 0.1) is 0 Å². The number of fused-ring (bicyclic) bond motifs is 1. The highest BCUT2D eigenvalue weighted by atomic mass is 16.5. The van der Waals surface area contributed by atoms with Gasteiger partial charge in [0, 0.05) is 26.4 Å². The summed E-state index contributed by atoms with van der Waals surface area (Å²) in [6.45, 7) is -0.439. The number of nitrogens with zero attached hydrogens (tertiary/aromatic N) is 1. The van der Waals surface area contributed by atoms with E-state index in [9.17, 15) is 28.8 Å². The molecule has 1 atom stereocenters. The van der Waals surface area contributed by atoms with Crippen LogP contribution in [0.25, 0.3) is 0 Å². The van der Waals surface area contributed by atoms with Gasteiger partial charge in [-0.05, 0) is 24.6 Å². The first-order chi connectivity index (χ1) is 15.7. The number of rotatable bonds is 7. The highest BCUT2D eigenvalue weighted by molar-refractivity contribution is 6.23. The van der Waals surface area contributed by atoms with Crippen molar-refractivity contribution in [2.75, 3.05) is 20.2 Å². The summed E-state index contributed by atoms with van der Waals surface area (Å²) in [5.74, 6) is -2.89. The van der Waals surface area contributed by atoms with Gasteiger partial charge in [-0.3, -0.25) is 43.8 Å². The highest BCUT2D eigenvalue weighted by Crippen LogP contribution is 2.30. The minimum Gasteiger partial charge on any atom is -0.484 e. The Morgan fingerprint density at radius 3 is 2.48 bits per heavy atom. The molecule has 0 radical (unpaired) electrons. The molecule has 0 bridgehead atoms. The maximum absolute atomic E-state index is 12.7. The summed E-state index contributed by atoms with van der Waals surface area (Å²) in [5.41, 5.74) is 0.175. The molecule has 0 spiro atoms. The number of ether oxygens (including phenoxy) is 1. The molecule has 1 fully saturated rings. The van der Waals surface area contributed by atoms with Gasteiger partial charge in [0.25, 0.3) is 24.2 Å². The number of imide groups is 2. The van der Waals surface area contributed by atoms with E-state index in [4.69, 9.17) is 14.6 Å². The Labute approximate surface area is 187 Å². The van der Waals surface area contributed by atoms with Gasteiger partial charge >= 0.3 is 0 Å². The number of amides is 6. The molecule has 1 saturated heterocycles. The lowest BCUT2D eigenvalue weighted by Gasteiger charge is -2.27. The number of nitrogens with one attached hydrogen (secondary N) is 3. The number of hydrogen-bond acceptors (Lipinski definition) is 8. The Morgan fingerprint density at radius 2 is 1.85 bits per heavy atom. The van der Waals surface area contributed by atoms with Crippen molar-refractivity contribution in [3.63, 3.8) is 0 Å². The van der Waals surface area contributed by atoms with E-state index in [2.05, 4.69) is 16.0 Å². The smallest absolute Gasteiger partial charge is 0.290 e. The topological polar surface area (TPSA) is 188 Å². The second kappa shape index (κ2) is 11.4. The molecule has 4 N–H and O–H groups in total. The molecule has 2 heterocycles. The van der Waals surface area contributed by atoms with Crippen LogP contribution < -0.4 is 20.7 Å². The lowest BCUT2D eigenvalue weighted by Crippen LogP contribution is -2.54. The second-order valence-corrected chi connectivity index (χ2v) is 6.82. The Bertz CT molecular complexity index is 992. The van der Waals surface area contributed by atoms with Crippen molar-refractivity contribution in [1.82, 2.24) is 20.9 Å².